The summed E-state index contributed by atoms with van der Waals surface area (Å²) in [6.07, 6.45) is 2.82. The lowest BCUT2D eigenvalue weighted by molar-refractivity contribution is 0.959. The summed E-state index contributed by atoms with van der Waals surface area (Å²) in [5.41, 5.74) is 4.06. The number of benzene rings is 1. The van der Waals surface area contributed by atoms with Gasteiger partial charge in [-0.1, -0.05) is 0 Å². The second kappa shape index (κ2) is 1.91. The summed E-state index contributed by atoms with van der Waals surface area (Å²) in [7, 11) is 0. The quantitative estimate of drug-likeness (QED) is 0.626. The van der Waals surface area contributed by atoms with Crippen LogP contribution < -0.4 is 0 Å². The van der Waals surface area contributed by atoms with Gasteiger partial charge in [-0.3, -0.25) is 4.99 Å². The van der Waals surface area contributed by atoms with Crippen LogP contribution >= 0.6 is 0 Å². The van der Waals surface area contributed by atoms with Gasteiger partial charge in [-0.2, -0.15) is 15.4 Å². The number of aromatic amines is 1. The Morgan fingerprint density at radius 3 is 2.92 bits per heavy atom. The van der Waals surface area contributed by atoms with E-state index in [-0.39, 0.29) is 0 Å². The van der Waals surface area contributed by atoms with Crippen molar-refractivity contribution >= 4 is 22.9 Å². The number of fused-ring (bicyclic) bond motifs is 2. The smallest absolute Gasteiger partial charge is 0.115 e. The van der Waals surface area contributed by atoms with Crippen LogP contribution in [0.4, 0.5) is 5.69 Å². The Balaban J connectivity index is 2.43. The molecule has 0 saturated carbocycles. The van der Waals surface area contributed by atoms with Crippen molar-refractivity contribution in [1.29, 1.82) is 0 Å². The van der Waals surface area contributed by atoms with Crippen molar-refractivity contribution in [2.45, 2.75) is 6.42 Å². The highest BCUT2D eigenvalue weighted by Crippen LogP contribution is 2.27. The Morgan fingerprint density at radius 2 is 2.00 bits per heavy atom. The maximum absolute atomic E-state index is 4.22. The summed E-state index contributed by atoms with van der Waals surface area (Å²) in [6, 6.07) is 3.98. The molecule has 1 aromatic heterocycles. The first-order valence-electron chi connectivity index (χ1n) is 3.79. The molecule has 0 fully saturated rings. The summed E-state index contributed by atoms with van der Waals surface area (Å²) in [6.45, 7) is 0. The lowest BCUT2D eigenvalue weighted by Crippen LogP contribution is -1.78. The van der Waals surface area contributed by atoms with Crippen LogP contribution in [0.15, 0.2) is 17.1 Å². The molecule has 0 amide bonds. The summed E-state index contributed by atoms with van der Waals surface area (Å²) >= 11 is 0. The highest BCUT2D eigenvalue weighted by atomic mass is 15.3. The van der Waals surface area contributed by atoms with E-state index >= 15 is 0 Å². The Bertz CT molecular complexity index is 469. The fraction of sp³-hybridized carbons (Fsp3) is 0.125. The Labute approximate surface area is 68.3 Å². The van der Waals surface area contributed by atoms with Gasteiger partial charge in [0.25, 0.3) is 0 Å². The summed E-state index contributed by atoms with van der Waals surface area (Å²) in [4.78, 5) is 4.22. The summed E-state index contributed by atoms with van der Waals surface area (Å²) in [5, 5.41) is 10.6. The van der Waals surface area contributed by atoms with E-state index in [1.165, 1.54) is 5.56 Å². The lowest BCUT2D eigenvalue weighted by atomic mass is 10.1. The Hall–Kier alpha value is -1.71. The first kappa shape index (κ1) is 5.88. The van der Waals surface area contributed by atoms with Gasteiger partial charge in [0, 0.05) is 12.6 Å². The molecule has 2 aromatic rings. The molecule has 4 heteroatoms. The third-order valence-corrected chi connectivity index (χ3v) is 2.06. The molecular formula is C8H6N4. The predicted molar refractivity (Wildman–Crippen MR) is 45.7 cm³/mol. The molecule has 0 radical (unpaired) electrons. The molecule has 1 aromatic carbocycles. The Kier molecular flexibility index (Phi) is 0.935. The van der Waals surface area contributed by atoms with Gasteiger partial charge in [-0.05, 0) is 17.7 Å². The van der Waals surface area contributed by atoms with Gasteiger partial charge in [0.15, 0.2) is 0 Å². The minimum atomic E-state index is 0.882. The molecule has 3 rings (SSSR count). The SMILES string of the molecule is C1=Nc2cc3n[nH]nc3cc2C1. The third kappa shape index (κ3) is 0.637. The minimum absolute atomic E-state index is 0.882. The zero-order valence-electron chi connectivity index (χ0n) is 6.28. The van der Waals surface area contributed by atoms with E-state index in [2.05, 4.69) is 20.4 Å². The normalized spacial score (nSPS) is 14.0. The van der Waals surface area contributed by atoms with E-state index in [9.17, 15) is 0 Å². The highest BCUT2D eigenvalue weighted by Gasteiger charge is 2.09. The molecule has 4 nitrogen and oxygen atoms in total. The van der Waals surface area contributed by atoms with Crippen LogP contribution in [0.25, 0.3) is 11.0 Å². The van der Waals surface area contributed by atoms with Gasteiger partial charge < -0.3 is 0 Å². The molecule has 0 atom stereocenters. The van der Waals surface area contributed by atoms with Crippen molar-refractivity contribution in [2.24, 2.45) is 4.99 Å². The molecule has 1 N–H and O–H groups in total. The van der Waals surface area contributed by atoms with Gasteiger partial charge >= 0.3 is 0 Å². The number of aliphatic imine (C=N–C) groups is 1. The topological polar surface area (TPSA) is 53.9 Å². The molecule has 0 unspecified atom stereocenters. The molecule has 0 spiro atoms. The van der Waals surface area contributed by atoms with E-state index < -0.39 is 0 Å². The number of nitrogens with one attached hydrogen (secondary N) is 1. The Morgan fingerprint density at radius 1 is 1.17 bits per heavy atom. The number of nitrogens with zero attached hydrogens (tertiary/aromatic N) is 3. The summed E-state index contributed by atoms with van der Waals surface area (Å²) < 4.78 is 0. The van der Waals surface area contributed by atoms with Crippen molar-refractivity contribution < 1.29 is 0 Å². The molecule has 0 bridgehead atoms. The van der Waals surface area contributed by atoms with Crippen LogP contribution in [0.2, 0.25) is 0 Å². The molecule has 1 aliphatic rings. The predicted octanol–water partition coefficient (Wildman–Crippen LogP) is 1.22. The van der Waals surface area contributed by atoms with E-state index in [1.807, 2.05) is 18.3 Å². The van der Waals surface area contributed by atoms with Crippen molar-refractivity contribution in [3.05, 3.63) is 17.7 Å². The molecule has 0 saturated heterocycles. The van der Waals surface area contributed by atoms with Gasteiger partial charge in [0.05, 0.1) is 5.69 Å². The zero-order chi connectivity index (χ0) is 7.97. The largest absolute Gasteiger partial charge is 0.261 e. The van der Waals surface area contributed by atoms with Crippen molar-refractivity contribution in [3.8, 4) is 0 Å². The van der Waals surface area contributed by atoms with E-state index in [4.69, 9.17) is 0 Å². The standard InChI is InChI=1S/C8H6N4/c1-2-9-6-4-8-7(3-5(1)6)10-12-11-8/h2-4H,1H2,(H,10,11,12). The number of hydrogen-bond donors (Lipinski definition) is 1. The molecular weight excluding hydrogens is 152 g/mol. The first-order valence-corrected chi connectivity index (χ1v) is 3.79. The van der Waals surface area contributed by atoms with Crippen molar-refractivity contribution in [2.75, 3.05) is 0 Å². The monoisotopic (exact) mass is 158 g/mol. The number of aromatic nitrogens is 3. The fourth-order valence-corrected chi connectivity index (χ4v) is 1.45. The van der Waals surface area contributed by atoms with E-state index in [0.717, 1.165) is 23.1 Å². The van der Waals surface area contributed by atoms with Gasteiger partial charge in [-0.15, -0.1) is 0 Å². The number of H-pyrrole nitrogens is 1. The van der Waals surface area contributed by atoms with Crippen LogP contribution in [0, 0.1) is 0 Å². The maximum Gasteiger partial charge on any atom is 0.115 e. The van der Waals surface area contributed by atoms with Crippen LogP contribution in [-0.2, 0) is 6.42 Å². The average molecular weight is 158 g/mol. The van der Waals surface area contributed by atoms with Crippen molar-refractivity contribution in [3.63, 3.8) is 0 Å². The summed E-state index contributed by atoms with van der Waals surface area (Å²) in [5.74, 6) is 0. The second-order valence-electron chi connectivity index (χ2n) is 2.81. The first-order chi connectivity index (χ1) is 5.93. The molecule has 2 heterocycles. The van der Waals surface area contributed by atoms with Crippen LogP contribution in [-0.4, -0.2) is 21.6 Å². The van der Waals surface area contributed by atoms with E-state index in [1.54, 1.807) is 0 Å². The van der Waals surface area contributed by atoms with Gasteiger partial charge in [0.1, 0.15) is 11.0 Å². The molecule has 58 valence electrons. The second-order valence-corrected chi connectivity index (χ2v) is 2.81. The highest BCUT2D eigenvalue weighted by molar-refractivity contribution is 5.85. The van der Waals surface area contributed by atoms with Gasteiger partial charge in [0.2, 0.25) is 0 Å². The molecule has 0 aliphatic carbocycles. The third-order valence-electron chi connectivity index (χ3n) is 2.06. The minimum Gasteiger partial charge on any atom is -0.261 e. The maximum atomic E-state index is 4.22. The molecule has 1 aliphatic heterocycles. The van der Waals surface area contributed by atoms with E-state index in [0.29, 0.717) is 0 Å². The average Bonchev–Trinajstić information content (AvgIpc) is 2.64. The zero-order valence-corrected chi connectivity index (χ0v) is 6.28. The van der Waals surface area contributed by atoms with Crippen LogP contribution in [0.3, 0.4) is 0 Å². The molecule has 12 heavy (non-hydrogen) atoms. The van der Waals surface area contributed by atoms with Crippen LogP contribution in [0.1, 0.15) is 5.56 Å². The fourth-order valence-electron chi connectivity index (χ4n) is 1.45. The van der Waals surface area contributed by atoms with Gasteiger partial charge in [-0.25, -0.2) is 0 Å². The lowest BCUT2D eigenvalue weighted by Gasteiger charge is -1.93. The number of rotatable bonds is 0. The van der Waals surface area contributed by atoms with Crippen LogP contribution in [0.5, 0.6) is 0 Å². The van der Waals surface area contributed by atoms with Crippen molar-refractivity contribution in [1.82, 2.24) is 15.4 Å². The number of hydrogen-bond acceptors (Lipinski definition) is 3.